The summed E-state index contributed by atoms with van der Waals surface area (Å²) in [5.41, 5.74) is 0.958. The third kappa shape index (κ3) is 7.11. The Morgan fingerprint density at radius 2 is 2.09 bits per heavy atom. The van der Waals surface area contributed by atoms with Crippen LogP contribution >= 0.6 is 11.6 Å². The van der Waals surface area contributed by atoms with Gasteiger partial charge in [-0.05, 0) is 31.0 Å². The van der Waals surface area contributed by atoms with Crippen LogP contribution in [0.15, 0.2) is 24.3 Å². The first kappa shape index (κ1) is 18.7. The minimum atomic E-state index is -3.35. The van der Waals surface area contributed by atoms with Crippen LogP contribution in [0.2, 0.25) is 5.02 Å². The van der Waals surface area contributed by atoms with E-state index in [1.54, 1.807) is 19.1 Å². The number of nitrogens with one attached hydrogen (secondary N) is 1. The second kappa shape index (κ2) is 8.97. The molecule has 0 saturated carbocycles. The molecule has 0 aliphatic rings. The Hall–Kier alpha value is -1.31. The van der Waals surface area contributed by atoms with Crippen molar-refractivity contribution < 1.29 is 17.9 Å². The molecule has 1 rings (SSSR count). The highest BCUT2D eigenvalue weighted by molar-refractivity contribution is 7.88. The van der Waals surface area contributed by atoms with E-state index < -0.39 is 16.1 Å². The third-order valence-corrected chi connectivity index (χ3v) is 4.45. The highest BCUT2D eigenvalue weighted by atomic mass is 35.5. The Labute approximate surface area is 136 Å². The molecule has 8 heteroatoms. The lowest BCUT2D eigenvalue weighted by atomic mass is 10.1. The van der Waals surface area contributed by atoms with Crippen molar-refractivity contribution in [3.05, 3.63) is 34.9 Å². The fraction of sp³-hybridized carbons (Fsp3) is 0.500. The SMILES string of the molecule is CCOC(=O)NCCN(CCc1cccc(Cl)c1)S(C)(=O)=O. The van der Waals surface area contributed by atoms with Crippen molar-refractivity contribution in [2.75, 3.05) is 32.5 Å². The van der Waals surface area contributed by atoms with Gasteiger partial charge in [-0.15, -0.1) is 0 Å². The number of ether oxygens (including phenoxy) is 1. The maximum Gasteiger partial charge on any atom is 0.407 e. The molecule has 6 nitrogen and oxygen atoms in total. The minimum Gasteiger partial charge on any atom is -0.450 e. The van der Waals surface area contributed by atoms with Gasteiger partial charge in [0.25, 0.3) is 0 Å². The Morgan fingerprint density at radius 3 is 2.68 bits per heavy atom. The zero-order valence-corrected chi connectivity index (χ0v) is 14.3. The molecule has 0 aromatic heterocycles. The van der Waals surface area contributed by atoms with Gasteiger partial charge in [0.05, 0.1) is 12.9 Å². The predicted octanol–water partition coefficient (Wildman–Crippen LogP) is 1.89. The molecule has 1 aromatic rings. The zero-order valence-electron chi connectivity index (χ0n) is 12.7. The average Bonchev–Trinajstić information content (AvgIpc) is 2.41. The number of carbonyl (C=O) groups is 1. The Morgan fingerprint density at radius 1 is 1.36 bits per heavy atom. The van der Waals surface area contributed by atoms with Crippen LogP contribution in [-0.2, 0) is 21.2 Å². The van der Waals surface area contributed by atoms with Crippen LogP contribution in [0, 0.1) is 0 Å². The van der Waals surface area contributed by atoms with Gasteiger partial charge >= 0.3 is 6.09 Å². The number of sulfonamides is 1. The highest BCUT2D eigenvalue weighted by Gasteiger charge is 2.16. The van der Waals surface area contributed by atoms with Gasteiger partial charge in [-0.25, -0.2) is 17.5 Å². The maximum atomic E-state index is 11.8. The lowest BCUT2D eigenvalue weighted by Gasteiger charge is -2.20. The van der Waals surface area contributed by atoms with Gasteiger partial charge in [-0.2, -0.15) is 0 Å². The number of hydrogen-bond donors (Lipinski definition) is 1. The van der Waals surface area contributed by atoms with E-state index >= 15 is 0 Å². The monoisotopic (exact) mass is 348 g/mol. The summed E-state index contributed by atoms with van der Waals surface area (Å²) in [6, 6.07) is 7.29. The summed E-state index contributed by atoms with van der Waals surface area (Å²) in [6.45, 7) is 2.69. The van der Waals surface area contributed by atoms with Crippen molar-refractivity contribution in [2.45, 2.75) is 13.3 Å². The molecule has 0 saturated heterocycles. The molecule has 0 spiro atoms. The maximum absolute atomic E-state index is 11.8. The molecule has 1 aromatic carbocycles. The molecule has 0 atom stereocenters. The molecule has 22 heavy (non-hydrogen) atoms. The standard InChI is InChI=1S/C14H21ClN2O4S/c1-3-21-14(18)16-8-10-17(22(2,19)20)9-7-12-5-4-6-13(15)11-12/h4-6,11H,3,7-10H2,1-2H3,(H,16,18). The quantitative estimate of drug-likeness (QED) is 0.778. The van der Waals surface area contributed by atoms with Crippen molar-refractivity contribution in [3.8, 4) is 0 Å². The van der Waals surface area contributed by atoms with E-state index in [2.05, 4.69) is 5.32 Å². The van der Waals surface area contributed by atoms with Crippen LogP contribution < -0.4 is 5.32 Å². The molecule has 0 heterocycles. The first-order chi connectivity index (χ1) is 10.3. The summed E-state index contributed by atoms with van der Waals surface area (Å²) in [7, 11) is -3.35. The van der Waals surface area contributed by atoms with Crippen molar-refractivity contribution in [3.63, 3.8) is 0 Å². The zero-order chi connectivity index (χ0) is 16.6. The van der Waals surface area contributed by atoms with Gasteiger partial charge in [0.2, 0.25) is 10.0 Å². The van der Waals surface area contributed by atoms with Gasteiger partial charge < -0.3 is 10.1 Å². The van der Waals surface area contributed by atoms with E-state index in [9.17, 15) is 13.2 Å². The molecule has 0 radical (unpaired) electrons. The van der Waals surface area contributed by atoms with Crippen molar-refractivity contribution in [1.82, 2.24) is 9.62 Å². The Kier molecular flexibility index (Phi) is 7.64. The lowest BCUT2D eigenvalue weighted by Crippen LogP contribution is -2.39. The summed E-state index contributed by atoms with van der Waals surface area (Å²) >= 11 is 5.90. The summed E-state index contributed by atoms with van der Waals surface area (Å²) in [5, 5.41) is 3.12. The average molecular weight is 349 g/mol. The van der Waals surface area contributed by atoms with Crippen molar-refractivity contribution in [1.29, 1.82) is 0 Å². The van der Waals surface area contributed by atoms with Crippen LogP contribution in [-0.4, -0.2) is 51.3 Å². The van der Waals surface area contributed by atoms with Gasteiger partial charge in [-0.3, -0.25) is 0 Å². The first-order valence-corrected chi connectivity index (χ1v) is 9.15. The summed E-state index contributed by atoms with van der Waals surface area (Å²) < 4.78 is 29.6. The fourth-order valence-corrected chi connectivity index (χ4v) is 2.91. The summed E-state index contributed by atoms with van der Waals surface area (Å²) in [6.07, 6.45) is 1.15. The number of nitrogens with zero attached hydrogens (tertiary/aromatic N) is 1. The molecule has 124 valence electrons. The molecule has 0 unspecified atom stereocenters. The fourth-order valence-electron chi connectivity index (χ4n) is 1.85. The lowest BCUT2D eigenvalue weighted by molar-refractivity contribution is 0.151. The van der Waals surface area contributed by atoms with E-state index in [-0.39, 0.29) is 19.7 Å². The number of amides is 1. The normalized spacial score (nSPS) is 11.5. The van der Waals surface area contributed by atoms with E-state index in [0.29, 0.717) is 18.0 Å². The van der Waals surface area contributed by atoms with Gasteiger partial charge in [0.15, 0.2) is 0 Å². The van der Waals surface area contributed by atoms with E-state index in [1.165, 1.54) is 4.31 Å². The van der Waals surface area contributed by atoms with Gasteiger partial charge in [-0.1, -0.05) is 23.7 Å². The van der Waals surface area contributed by atoms with Gasteiger partial charge in [0.1, 0.15) is 0 Å². The Balaban J connectivity index is 2.53. The molecular formula is C14H21ClN2O4S. The third-order valence-electron chi connectivity index (χ3n) is 2.91. The number of halogens is 1. The number of carbonyl (C=O) groups excluding carboxylic acids is 1. The molecule has 0 fully saturated rings. The molecule has 1 amide bonds. The summed E-state index contributed by atoms with van der Waals surface area (Å²) in [4.78, 5) is 11.2. The number of rotatable bonds is 8. The molecular weight excluding hydrogens is 328 g/mol. The molecule has 0 aliphatic heterocycles. The predicted molar refractivity (Wildman–Crippen MR) is 86.6 cm³/mol. The molecule has 0 aliphatic carbocycles. The van der Waals surface area contributed by atoms with Crippen LogP contribution in [0.5, 0.6) is 0 Å². The van der Waals surface area contributed by atoms with E-state index in [1.807, 2.05) is 12.1 Å². The van der Waals surface area contributed by atoms with Crippen LogP contribution in [0.1, 0.15) is 12.5 Å². The van der Waals surface area contributed by atoms with E-state index in [4.69, 9.17) is 16.3 Å². The van der Waals surface area contributed by atoms with Crippen LogP contribution in [0.25, 0.3) is 0 Å². The first-order valence-electron chi connectivity index (χ1n) is 6.93. The van der Waals surface area contributed by atoms with Crippen molar-refractivity contribution >= 4 is 27.7 Å². The number of hydrogen-bond acceptors (Lipinski definition) is 4. The second-order valence-corrected chi connectivity index (χ2v) is 7.11. The van der Waals surface area contributed by atoms with Crippen LogP contribution in [0.3, 0.4) is 0 Å². The number of alkyl carbamates (subject to hydrolysis) is 1. The second-order valence-electron chi connectivity index (χ2n) is 4.69. The molecule has 0 bridgehead atoms. The van der Waals surface area contributed by atoms with Gasteiger partial charge in [0, 0.05) is 24.7 Å². The minimum absolute atomic E-state index is 0.193. The molecule has 1 N–H and O–H groups in total. The van der Waals surface area contributed by atoms with Crippen LogP contribution in [0.4, 0.5) is 4.79 Å². The Bertz CT molecular complexity index is 592. The van der Waals surface area contributed by atoms with Crippen molar-refractivity contribution in [2.24, 2.45) is 0 Å². The largest absolute Gasteiger partial charge is 0.450 e. The van der Waals surface area contributed by atoms with E-state index in [0.717, 1.165) is 11.8 Å². The summed E-state index contributed by atoms with van der Waals surface area (Å²) in [5.74, 6) is 0. The highest BCUT2D eigenvalue weighted by Crippen LogP contribution is 2.12. The smallest absolute Gasteiger partial charge is 0.407 e. The topological polar surface area (TPSA) is 75.7 Å². The number of benzene rings is 1.